The molecule has 27 heavy (non-hydrogen) atoms. The topological polar surface area (TPSA) is 65.5 Å². The first-order valence-corrected chi connectivity index (χ1v) is 8.37. The van der Waals surface area contributed by atoms with Gasteiger partial charge in [-0.25, -0.2) is 9.18 Å². The maximum atomic E-state index is 13.7. The minimum atomic E-state index is -0.691. The number of aryl methyl sites for hydroxylation is 1. The SMILES string of the molecule is COc1ccc(C(=O)COC(=O)c2cc3cc(Cl)ccc3nc2C)cc1F. The number of carbonyl (C=O) groups is 2. The molecule has 0 radical (unpaired) electrons. The summed E-state index contributed by atoms with van der Waals surface area (Å²) >= 11 is 5.97. The van der Waals surface area contributed by atoms with Crippen LogP contribution in [-0.2, 0) is 4.74 Å². The Balaban J connectivity index is 1.75. The van der Waals surface area contributed by atoms with Gasteiger partial charge in [0.1, 0.15) is 0 Å². The summed E-state index contributed by atoms with van der Waals surface area (Å²) in [5, 5.41) is 1.20. The molecule has 0 atom stereocenters. The van der Waals surface area contributed by atoms with Crippen LogP contribution < -0.4 is 4.74 Å². The van der Waals surface area contributed by atoms with Crippen molar-refractivity contribution in [3.8, 4) is 5.75 Å². The third-order valence-electron chi connectivity index (χ3n) is 4.00. The number of fused-ring (bicyclic) bond motifs is 1. The predicted molar refractivity (Wildman–Crippen MR) is 99.1 cm³/mol. The highest BCUT2D eigenvalue weighted by Gasteiger charge is 2.17. The summed E-state index contributed by atoms with van der Waals surface area (Å²) in [6.07, 6.45) is 0. The molecule has 3 aromatic rings. The molecule has 0 amide bonds. The third-order valence-corrected chi connectivity index (χ3v) is 4.23. The van der Waals surface area contributed by atoms with Crippen LogP contribution in [0.4, 0.5) is 4.39 Å². The summed E-state index contributed by atoms with van der Waals surface area (Å²) in [5.41, 5.74) is 1.48. The maximum absolute atomic E-state index is 13.7. The summed E-state index contributed by atoms with van der Waals surface area (Å²) in [4.78, 5) is 28.9. The largest absolute Gasteiger partial charge is 0.494 e. The molecule has 0 fully saturated rings. The summed E-state index contributed by atoms with van der Waals surface area (Å²) in [6.45, 7) is 1.16. The van der Waals surface area contributed by atoms with Gasteiger partial charge in [-0.3, -0.25) is 9.78 Å². The van der Waals surface area contributed by atoms with E-state index in [0.717, 1.165) is 6.07 Å². The summed E-state index contributed by atoms with van der Waals surface area (Å²) in [6, 6.07) is 10.5. The number of halogens is 2. The van der Waals surface area contributed by atoms with Gasteiger partial charge < -0.3 is 9.47 Å². The summed E-state index contributed by atoms with van der Waals surface area (Å²) in [5.74, 6) is -1.86. The number of nitrogens with zero attached hydrogens (tertiary/aromatic N) is 1. The van der Waals surface area contributed by atoms with Gasteiger partial charge in [-0.05, 0) is 49.4 Å². The Morgan fingerprint density at radius 1 is 1.15 bits per heavy atom. The molecule has 3 rings (SSSR count). The van der Waals surface area contributed by atoms with Gasteiger partial charge in [0.25, 0.3) is 0 Å². The number of benzene rings is 2. The normalized spacial score (nSPS) is 10.7. The van der Waals surface area contributed by atoms with E-state index >= 15 is 0 Å². The molecule has 0 unspecified atom stereocenters. The van der Waals surface area contributed by atoms with Crippen LogP contribution in [-0.4, -0.2) is 30.5 Å². The lowest BCUT2D eigenvalue weighted by atomic mass is 10.1. The lowest BCUT2D eigenvalue weighted by molar-refractivity contribution is 0.0473. The second kappa shape index (κ2) is 7.72. The first kappa shape index (κ1) is 18.8. The number of hydrogen-bond donors (Lipinski definition) is 0. The van der Waals surface area contributed by atoms with Crippen LogP contribution in [0.5, 0.6) is 5.75 Å². The van der Waals surface area contributed by atoms with Gasteiger partial charge in [-0.2, -0.15) is 0 Å². The Labute approximate surface area is 159 Å². The Bertz CT molecular complexity index is 1050. The molecule has 5 nitrogen and oxygen atoms in total. The van der Waals surface area contributed by atoms with Crippen LogP contribution in [0.1, 0.15) is 26.4 Å². The fourth-order valence-electron chi connectivity index (χ4n) is 2.58. The number of carbonyl (C=O) groups excluding carboxylic acids is 2. The Morgan fingerprint density at radius 2 is 1.93 bits per heavy atom. The number of aromatic nitrogens is 1. The second-order valence-corrected chi connectivity index (χ2v) is 6.24. The highest BCUT2D eigenvalue weighted by molar-refractivity contribution is 6.31. The summed E-state index contributed by atoms with van der Waals surface area (Å²) in [7, 11) is 1.33. The van der Waals surface area contributed by atoms with Gasteiger partial charge >= 0.3 is 5.97 Å². The van der Waals surface area contributed by atoms with E-state index in [0.29, 0.717) is 21.6 Å². The molecule has 0 aliphatic heterocycles. The zero-order chi connectivity index (χ0) is 19.6. The lowest BCUT2D eigenvalue weighted by Gasteiger charge is -2.09. The zero-order valence-corrected chi connectivity index (χ0v) is 15.3. The van der Waals surface area contributed by atoms with Crippen molar-refractivity contribution in [1.82, 2.24) is 4.98 Å². The predicted octanol–water partition coefficient (Wildman–Crippen LogP) is 4.38. The average Bonchev–Trinajstić information content (AvgIpc) is 2.65. The van der Waals surface area contributed by atoms with Crippen molar-refractivity contribution in [1.29, 1.82) is 0 Å². The number of rotatable bonds is 5. The number of ketones is 1. The number of Topliss-reactive ketones (excluding diaryl/α,β-unsaturated/α-hetero) is 1. The van der Waals surface area contributed by atoms with E-state index in [9.17, 15) is 14.0 Å². The van der Waals surface area contributed by atoms with E-state index in [1.165, 1.54) is 19.2 Å². The highest BCUT2D eigenvalue weighted by atomic mass is 35.5. The van der Waals surface area contributed by atoms with Gasteiger partial charge in [0.15, 0.2) is 24.0 Å². The van der Waals surface area contributed by atoms with Crippen molar-refractivity contribution in [2.45, 2.75) is 6.92 Å². The highest BCUT2D eigenvalue weighted by Crippen LogP contribution is 2.22. The average molecular weight is 388 g/mol. The maximum Gasteiger partial charge on any atom is 0.340 e. The first-order valence-electron chi connectivity index (χ1n) is 8.00. The smallest absolute Gasteiger partial charge is 0.340 e. The number of hydrogen-bond acceptors (Lipinski definition) is 5. The van der Waals surface area contributed by atoms with Crippen molar-refractivity contribution in [3.05, 3.63) is 70.1 Å². The second-order valence-electron chi connectivity index (χ2n) is 5.81. The van der Waals surface area contributed by atoms with Crippen LogP contribution in [0.15, 0.2) is 42.5 Å². The number of pyridine rings is 1. The first-order chi connectivity index (χ1) is 12.9. The van der Waals surface area contributed by atoms with Crippen LogP contribution in [0.3, 0.4) is 0 Å². The minimum absolute atomic E-state index is 0.0278. The molecular weight excluding hydrogens is 373 g/mol. The van der Waals surface area contributed by atoms with Crippen molar-refractivity contribution < 1.29 is 23.5 Å². The zero-order valence-electron chi connectivity index (χ0n) is 14.6. The monoisotopic (exact) mass is 387 g/mol. The van der Waals surface area contributed by atoms with Crippen molar-refractivity contribution in [2.75, 3.05) is 13.7 Å². The molecular formula is C20H15ClFNO4. The van der Waals surface area contributed by atoms with Crippen LogP contribution >= 0.6 is 11.6 Å². The molecule has 7 heteroatoms. The Morgan fingerprint density at radius 3 is 2.63 bits per heavy atom. The summed E-state index contributed by atoms with van der Waals surface area (Å²) < 4.78 is 23.6. The third kappa shape index (κ3) is 4.06. The molecule has 138 valence electrons. The van der Waals surface area contributed by atoms with Crippen molar-refractivity contribution in [2.24, 2.45) is 0 Å². The van der Waals surface area contributed by atoms with Gasteiger partial charge in [-0.1, -0.05) is 11.6 Å². The quantitative estimate of drug-likeness (QED) is 0.480. The van der Waals surface area contributed by atoms with Crippen molar-refractivity contribution in [3.63, 3.8) is 0 Å². The van der Waals surface area contributed by atoms with E-state index in [-0.39, 0.29) is 16.9 Å². The van der Waals surface area contributed by atoms with Crippen LogP contribution in [0.25, 0.3) is 10.9 Å². The number of esters is 1. The van der Waals surface area contributed by atoms with E-state index in [1.807, 2.05) is 0 Å². The van der Waals surface area contributed by atoms with E-state index in [4.69, 9.17) is 21.1 Å². The molecule has 0 aliphatic carbocycles. The molecule has 0 N–H and O–H groups in total. The molecule has 1 heterocycles. The molecule has 0 bridgehead atoms. The number of ether oxygens (including phenoxy) is 2. The van der Waals surface area contributed by atoms with Gasteiger partial charge in [0, 0.05) is 16.0 Å². The van der Waals surface area contributed by atoms with Gasteiger partial charge in [0.2, 0.25) is 0 Å². The van der Waals surface area contributed by atoms with Gasteiger partial charge in [0.05, 0.1) is 23.9 Å². The molecule has 1 aromatic heterocycles. The fraction of sp³-hybridized carbons (Fsp3) is 0.150. The van der Waals surface area contributed by atoms with E-state index in [2.05, 4.69) is 4.98 Å². The fourth-order valence-corrected chi connectivity index (χ4v) is 2.76. The minimum Gasteiger partial charge on any atom is -0.494 e. The Hall–Kier alpha value is -2.99. The van der Waals surface area contributed by atoms with E-state index < -0.39 is 24.2 Å². The van der Waals surface area contributed by atoms with E-state index in [1.54, 1.807) is 31.2 Å². The molecule has 0 saturated carbocycles. The number of methoxy groups -OCH3 is 1. The van der Waals surface area contributed by atoms with Gasteiger partial charge in [-0.15, -0.1) is 0 Å². The lowest BCUT2D eigenvalue weighted by Crippen LogP contribution is -2.15. The molecule has 2 aromatic carbocycles. The molecule has 0 spiro atoms. The van der Waals surface area contributed by atoms with Crippen LogP contribution in [0, 0.1) is 12.7 Å². The van der Waals surface area contributed by atoms with Crippen molar-refractivity contribution >= 4 is 34.3 Å². The van der Waals surface area contributed by atoms with Crippen LogP contribution in [0.2, 0.25) is 5.02 Å². The standard InChI is InChI=1S/C20H15ClFNO4/c1-11-15(8-13-7-14(21)4-5-17(13)23-11)20(25)27-10-18(24)12-3-6-19(26-2)16(22)9-12/h3-9H,10H2,1-2H3. The molecule has 0 aliphatic rings. The molecule has 0 saturated heterocycles. The Kier molecular flexibility index (Phi) is 5.37.